The molecule has 2 atom stereocenters. The Morgan fingerprint density at radius 3 is 2.69 bits per heavy atom. The van der Waals surface area contributed by atoms with Gasteiger partial charge in [0.15, 0.2) is 5.11 Å². The van der Waals surface area contributed by atoms with Crippen molar-refractivity contribution in [1.82, 2.24) is 24.8 Å². The maximum absolute atomic E-state index is 5.81. The molecule has 6 nitrogen and oxygen atoms in total. The van der Waals surface area contributed by atoms with E-state index in [2.05, 4.69) is 56.8 Å². The second-order valence-corrected chi connectivity index (χ2v) is 8.49. The Hall–Kier alpha value is -3.45. The van der Waals surface area contributed by atoms with Gasteiger partial charge in [0.1, 0.15) is 5.76 Å². The Balaban J connectivity index is 1.57. The second-order valence-electron chi connectivity index (χ2n) is 8.11. The van der Waals surface area contributed by atoms with Crippen LogP contribution in [0.3, 0.4) is 0 Å². The summed E-state index contributed by atoms with van der Waals surface area (Å²) in [5.74, 6) is 0.937. The van der Waals surface area contributed by atoms with Crippen molar-refractivity contribution in [3.8, 4) is 0 Å². The quantitative estimate of drug-likeness (QED) is 0.436. The van der Waals surface area contributed by atoms with Gasteiger partial charge in [0.05, 0.1) is 30.6 Å². The molecule has 1 aliphatic rings. The van der Waals surface area contributed by atoms with Crippen molar-refractivity contribution in [1.29, 1.82) is 0 Å². The van der Waals surface area contributed by atoms with Gasteiger partial charge in [0, 0.05) is 36.5 Å². The van der Waals surface area contributed by atoms with Crippen molar-refractivity contribution < 1.29 is 4.42 Å². The van der Waals surface area contributed by atoms with Crippen LogP contribution >= 0.6 is 12.2 Å². The Morgan fingerprint density at radius 1 is 1.06 bits per heavy atom. The molecule has 0 aliphatic carbocycles. The minimum Gasteiger partial charge on any atom is -0.467 e. The average molecular weight is 444 g/mol. The molecule has 1 saturated heterocycles. The lowest BCUT2D eigenvalue weighted by Gasteiger charge is -2.28. The number of furan rings is 1. The molecule has 0 amide bonds. The Bertz CT molecular complexity index is 1200. The topological polar surface area (TPSA) is 59.1 Å². The standard InChI is InChI=1S/C25H25N5OS/c1-17-13-21(18(2)29(17)16-20-8-6-12-31-20)24-23(22-9-3-4-11-27-22)28-25(32)30(24)15-19-7-5-10-26-14-19/h3-14,23-24H,15-16H2,1-2H3,(H,28,32). The van der Waals surface area contributed by atoms with Crippen molar-refractivity contribution >= 4 is 17.3 Å². The van der Waals surface area contributed by atoms with E-state index < -0.39 is 0 Å². The zero-order valence-electron chi connectivity index (χ0n) is 18.1. The van der Waals surface area contributed by atoms with Crippen LogP contribution in [0.15, 0.2) is 77.8 Å². The first-order valence-corrected chi connectivity index (χ1v) is 11.1. The molecule has 0 radical (unpaired) electrons. The maximum Gasteiger partial charge on any atom is 0.170 e. The van der Waals surface area contributed by atoms with Gasteiger partial charge in [-0.3, -0.25) is 9.97 Å². The molecular formula is C25H25N5OS. The van der Waals surface area contributed by atoms with Crippen LogP contribution in [0.2, 0.25) is 0 Å². The first-order valence-electron chi connectivity index (χ1n) is 10.7. The molecule has 1 N–H and O–H groups in total. The summed E-state index contributed by atoms with van der Waals surface area (Å²) in [7, 11) is 0. The molecule has 5 rings (SSSR count). The van der Waals surface area contributed by atoms with Crippen molar-refractivity contribution in [3.63, 3.8) is 0 Å². The van der Waals surface area contributed by atoms with E-state index in [1.807, 2.05) is 42.7 Å². The van der Waals surface area contributed by atoms with E-state index in [0.717, 1.165) is 22.1 Å². The fraction of sp³-hybridized carbons (Fsp3) is 0.240. The molecule has 1 aliphatic heterocycles. The van der Waals surface area contributed by atoms with E-state index in [0.29, 0.717) is 13.1 Å². The lowest BCUT2D eigenvalue weighted by atomic mass is 9.96. The van der Waals surface area contributed by atoms with Gasteiger partial charge in [0.25, 0.3) is 0 Å². The van der Waals surface area contributed by atoms with Gasteiger partial charge in [0.2, 0.25) is 0 Å². The Labute approximate surface area is 192 Å². The minimum atomic E-state index is -0.0436. The Kier molecular flexibility index (Phi) is 5.49. The molecule has 4 aromatic heterocycles. The van der Waals surface area contributed by atoms with Gasteiger partial charge >= 0.3 is 0 Å². The van der Waals surface area contributed by atoms with Crippen molar-refractivity contribution in [2.75, 3.05) is 0 Å². The molecule has 32 heavy (non-hydrogen) atoms. The summed E-state index contributed by atoms with van der Waals surface area (Å²) in [5.41, 5.74) is 5.72. The summed E-state index contributed by atoms with van der Waals surface area (Å²) in [6.45, 7) is 5.69. The van der Waals surface area contributed by atoms with Crippen LogP contribution in [0, 0.1) is 13.8 Å². The van der Waals surface area contributed by atoms with Crippen LogP contribution < -0.4 is 5.32 Å². The predicted octanol–water partition coefficient (Wildman–Crippen LogP) is 4.71. The molecule has 0 aromatic carbocycles. The van der Waals surface area contributed by atoms with Crippen LogP contribution in [-0.4, -0.2) is 24.5 Å². The van der Waals surface area contributed by atoms with E-state index >= 15 is 0 Å². The number of aromatic nitrogens is 3. The SMILES string of the molecule is Cc1cc(C2C(c3ccccn3)NC(=S)N2Cc2cccnc2)c(C)n1Cc1ccco1. The predicted molar refractivity (Wildman–Crippen MR) is 127 cm³/mol. The van der Waals surface area contributed by atoms with E-state index in [-0.39, 0.29) is 12.1 Å². The molecule has 5 heterocycles. The molecule has 0 spiro atoms. The number of aryl methyl sites for hydroxylation is 1. The maximum atomic E-state index is 5.81. The van der Waals surface area contributed by atoms with Crippen molar-refractivity contribution in [2.45, 2.75) is 39.0 Å². The molecule has 0 saturated carbocycles. The van der Waals surface area contributed by atoms with Gasteiger partial charge in [-0.25, -0.2) is 0 Å². The first kappa shape index (κ1) is 20.5. The van der Waals surface area contributed by atoms with Gasteiger partial charge in [-0.1, -0.05) is 12.1 Å². The fourth-order valence-electron chi connectivity index (χ4n) is 4.53. The summed E-state index contributed by atoms with van der Waals surface area (Å²) in [6.07, 6.45) is 7.24. The van der Waals surface area contributed by atoms with Crippen LogP contribution in [0.4, 0.5) is 0 Å². The van der Waals surface area contributed by atoms with Crippen molar-refractivity contribution in [2.24, 2.45) is 0 Å². The minimum absolute atomic E-state index is 0.00848. The zero-order chi connectivity index (χ0) is 22.1. The van der Waals surface area contributed by atoms with Gasteiger partial charge in [-0.05, 0) is 73.6 Å². The van der Waals surface area contributed by atoms with E-state index in [4.69, 9.17) is 16.6 Å². The number of pyridine rings is 2. The molecule has 162 valence electrons. The van der Waals surface area contributed by atoms with Gasteiger partial charge < -0.3 is 19.2 Å². The molecule has 0 bridgehead atoms. The summed E-state index contributed by atoms with van der Waals surface area (Å²) in [4.78, 5) is 11.2. The highest BCUT2D eigenvalue weighted by molar-refractivity contribution is 7.80. The zero-order valence-corrected chi connectivity index (χ0v) is 18.9. The van der Waals surface area contributed by atoms with Crippen LogP contribution in [0.25, 0.3) is 0 Å². The highest BCUT2D eigenvalue weighted by atomic mass is 32.1. The lowest BCUT2D eigenvalue weighted by molar-refractivity contribution is 0.309. The second kappa shape index (κ2) is 8.59. The number of nitrogens with zero attached hydrogens (tertiary/aromatic N) is 4. The van der Waals surface area contributed by atoms with E-state index in [1.165, 1.54) is 17.0 Å². The van der Waals surface area contributed by atoms with Crippen LogP contribution in [-0.2, 0) is 13.1 Å². The highest BCUT2D eigenvalue weighted by Gasteiger charge is 2.41. The molecule has 4 aromatic rings. The average Bonchev–Trinajstić information content (AvgIpc) is 3.51. The van der Waals surface area contributed by atoms with E-state index in [9.17, 15) is 0 Å². The van der Waals surface area contributed by atoms with Crippen molar-refractivity contribution in [3.05, 3.63) is 107 Å². The van der Waals surface area contributed by atoms with Crippen LogP contribution in [0.1, 0.15) is 46.1 Å². The molecular weight excluding hydrogens is 418 g/mol. The monoisotopic (exact) mass is 443 g/mol. The first-order chi connectivity index (χ1) is 15.6. The number of hydrogen-bond donors (Lipinski definition) is 1. The molecule has 7 heteroatoms. The fourth-order valence-corrected chi connectivity index (χ4v) is 4.84. The summed E-state index contributed by atoms with van der Waals surface area (Å²) >= 11 is 5.81. The van der Waals surface area contributed by atoms with Gasteiger partial charge in [-0.2, -0.15) is 0 Å². The highest BCUT2D eigenvalue weighted by Crippen LogP contribution is 2.41. The number of hydrogen-bond acceptors (Lipinski definition) is 4. The summed E-state index contributed by atoms with van der Waals surface area (Å²) in [6, 6.07) is 16.2. The Morgan fingerprint density at radius 2 is 1.97 bits per heavy atom. The summed E-state index contributed by atoms with van der Waals surface area (Å²) < 4.78 is 7.91. The number of nitrogens with one attached hydrogen (secondary N) is 1. The third-order valence-corrected chi connectivity index (χ3v) is 6.45. The summed E-state index contributed by atoms with van der Waals surface area (Å²) in [5, 5.41) is 4.26. The van der Waals surface area contributed by atoms with Crippen LogP contribution in [0.5, 0.6) is 0 Å². The number of thiocarbonyl (C=S) groups is 1. The number of rotatable bonds is 6. The third kappa shape index (κ3) is 3.80. The smallest absolute Gasteiger partial charge is 0.170 e. The normalized spacial score (nSPS) is 18.2. The van der Waals surface area contributed by atoms with E-state index in [1.54, 1.807) is 12.5 Å². The third-order valence-electron chi connectivity index (χ3n) is 6.10. The largest absolute Gasteiger partial charge is 0.467 e. The van der Waals surface area contributed by atoms with Gasteiger partial charge in [-0.15, -0.1) is 0 Å². The molecule has 1 fully saturated rings. The lowest BCUT2D eigenvalue weighted by Crippen LogP contribution is -2.29. The molecule has 2 unspecified atom stereocenters.